The summed E-state index contributed by atoms with van der Waals surface area (Å²) in [4.78, 5) is 34.2. The van der Waals surface area contributed by atoms with Crippen LogP contribution in [0.4, 0.5) is 0 Å². The molecule has 5 N–H and O–H groups in total. The molecule has 0 unspecified atom stereocenters. The Morgan fingerprint density at radius 1 is 0.976 bits per heavy atom. The van der Waals surface area contributed by atoms with Crippen molar-refractivity contribution in [2.45, 2.75) is 31.7 Å². The molecule has 2 amide bonds. The number of carbonyl (C=O) groups is 2. The molecular weight excluding hydrogens is 563 g/mol. The summed E-state index contributed by atoms with van der Waals surface area (Å²) in [5, 5.41) is 12.5. The van der Waals surface area contributed by atoms with Crippen molar-refractivity contribution in [2.24, 2.45) is 12.8 Å². The van der Waals surface area contributed by atoms with Crippen LogP contribution in [0.3, 0.4) is 0 Å². The zero-order valence-electron chi connectivity index (χ0n) is 22.7. The zero-order valence-corrected chi connectivity index (χ0v) is 24.3. The first-order valence-corrected chi connectivity index (χ1v) is 13.0. The fourth-order valence-corrected chi connectivity index (χ4v) is 4.82. The molecule has 41 heavy (non-hydrogen) atoms. The first-order chi connectivity index (χ1) is 18.9. The number of nitrogens with one attached hydrogen (secondary N) is 3. The largest absolute Gasteiger partial charge is 0.384 e. The van der Waals surface area contributed by atoms with Gasteiger partial charge in [0.05, 0.1) is 11.0 Å². The molecule has 0 bridgehead atoms. The van der Waals surface area contributed by atoms with E-state index in [1.165, 1.54) is 0 Å². The van der Waals surface area contributed by atoms with E-state index < -0.39 is 0 Å². The van der Waals surface area contributed by atoms with Gasteiger partial charge in [-0.1, -0.05) is 30.3 Å². The van der Waals surface area contributed by atoms with Crippen molar-refractivity contribution in [3.05, 3.63) is 95.1 Å². The number of hydrogen-bond acceptors (Lipinski definition) is 6. The molecule has 0 aliphatic carbocycles. The molecule has 216 valence electrons. The Hall–Kier alpha value is -3.99. The van der Waals surface area contributed by atoms with E-state index in [0.29, 0.717) is 29.9 Å². The highest BCUT2D eigenvalue weighted by Gasteiger charge is 2.23. The van der Waals surface area contributed by atoms with E-state index in [1.807, 2.05) is 54.5 Å². The molecule has 5 rings (SSSR count). The molecule has 2 aromatic heterocycles. The van der Waals surface area contributed by atoms with Gasteiger partial charge in [-0.25, -0.2) is 9.99 Å². The van der Waals surface area contributed by atoms with Crippen LogP contribution in [-0.2, 0) is 19.9 Å². The molecule has 0 spiro atoms. The van der Waals surface area contributed by atoms with Crippen LogP contribution in [0.5, 0.6) is 0 Å². The number of hydrogen-bond donors (Lipinski definition) is 4. The zero-order chi connectivity index (χ0) is 27.4. The first kappa shape index (κ1) is 31.5. The second-order valence-corrected chi connectivity index (χ2v) is 9.79. The lowest BCUT2D eigenvalue weighted by atomic mass is 10.1. The summed E-state index contributed by atoms with van der Waals surface area (Å²) in [6.07, 6.45) is 4.63. The van der Waals surface area contributed by atoms with Gasteiger partial charge in [0.1, 0.15) is 17.4 Å². The molecule has 2 aromatic carbocycles. The predicted octanol–water partition coefficient (Wildman–Crippen LogP) is 3.42. The number of hydrazine groups is 1. The number of benzene rings is 2. The van der Waals surface area contributed by atoms with Crippen LogP contribution in [-0.4, -0.2) is 56.3 Å². The minimum absolute atomic E-state index is 0. The van der Waals surface area contributed by atoms with Gasteiger partial charge in [0.25, 0.3) is 11.8 Å². The topological polar surface area (TPSA) is 142 Å². The van der Waals surface area contributed by atoms with Crippen molar-refractivity contribution in [2.75, 3.05) is 13.1 Å². The quantitative estimate of drug-likeness (QED) is 0.181. The van der Waals surface area contributed by atoms with Crippen molar-refractivity contribution in [1.29, 1.82) is 5.41 Å². The number of halogens is 2. The van der Waals surface area contributed by atoms with E-state index in [1.54, 1.807) is 24.4 Å². The van der Waals surface area contributed by atoms with Crippen LogP contribution >= 0.6 is 24.8 Å². The summed E-state index contributed by atoms with van der Waals surface area (Å²) < 4.78 is 2.06. The van der Waals surface area contributed by atoms with E-state index in [4.69, 9.17) is 16.1 Å². The second-order valence-electron chi connectivity index (χ2n) is 9.79. The molecule has 1 aliphatic heterocycles. The smallest absolute Gasteiger partial charge is 0.270 e. The highest BCUT2D eigenvalue weighted by atomic mass is 35.5. The van der Waals surface area contributed by atoms with Gasteiger partial charge < -0.3 is 15.6 Å². The Balaban J connectivity index is 0.00000231. The van der Waals surface area contributed by atoms with Crippen LogP contribution < -0.4 is 16.5 Å². The number of nitrogens with zero attached hydrogens (tertiary/aromatic N) is 4. The van der Waals surface area contributed by atoms with Crippen LogP contribution in [0, 0.1) is 5.41 Å². The molecule has 3 heterocycles. The van der Waals surface area contributed by atoms with Crippen LogP contribution in [0.15, 0.2) is 66.9 Å². The maximum atomic E-state index is 13.0. The molecule has 10 nitrogen and oxygen atoms in total. The molecule has 1 fully saturated rings. The fraction of sp³-hybridized carbons (Fsp3) is 0.276. The maximum absolute atomic E-state index is 13.0. The standard InChI is InChI=1S/C29H32N8O2.2ClH/c1-36-25-11-10-21(18-24(25)34-26(36)12-7-19-5-8-20(9-6-19)27(30)31)28(38)35-37-16-13-22(14-17-37)33-29(39)23-4-2-3-15-32-23;;/h2-6,8-11,15,18,22H,7,12-14,16-17H2,1H3,(H3,30,31)(H,33,39)(H,35,38);2*1H. The van der Waals surface area contributed by atoms with E-state index >= 15 is 0 Å². The fourth-order valence-electron chi connectivity index (χ4n) is 4.82. The molecule has 1 saturated heterocycles. The monoisotopic (exact) mass is 596 g/mol. The van der Waals surface area contributed by atoms with E-state index in [-0.39, 0.29) is 48.5 Å². The van der Waals surface area contributed by atoms with Gasteiger partial charge in [-0.15, -0.1) is 24.8 Å². The van der Waals surface area contributed by atoms with E-state index in [0.717, 1.165) is 48.1 Å². The lowest BCUT2D eigenvalue weighted by Gasteiger charge is -2.32. The van der Waals surface area contributed by atoms with Gasteiger partial charge in [-0.2, -0.15) is 0 Å². The highest BCUT2D eigenvalue weighted by molar-refractivity contribution is 5.97. The Kier molecular flexibility index (Phi) is 10.8. The number of aryl methyl sites for hydroxylation is 3. The lowest BCUT2D eigenvalue weighted by Crippen LogP contribution is -2.51. The van der Waals surface area contributed by atoms with Gasteiger partial charge in [0.2, 0.25) is 0 Å². The Bertz CT molecular complexity index is 1500. The van der Waals surface area contributed by atoms with Gasteiger partial charge in [-0.05, 0) is 55.2 Å². The van der Waals surface area contributed by atoms with Gasteiger partial charge >= 0.3 is 0 Å². The third-order valence-corrected chi connectivity index (χ3v) is 7.13. The molecule has 0 saturated carbocycles. The lowest BCUT2D eigenvalue weighted by molar-refractivity contribution is 0.0701. The van der Waals surface area contributed by atoms with Crippen molar-refractivity contribution in [3.8, 4) is 0 Å². The molecule has 4 aromatic rings. The average Bonchev–Trinajstić information content (AvgIpc) is 3.28. The summed E-state index contributed by atoms with van der Waals surface area (Å²) >= 11 is 0. The van der Waals surface area contributed by atoms with Crippen LogP contribution in [0.25, 0.3) is 11.0 Å². The van der Waals surface area contributed by atoms with Gasteiger partial charge in [-0.3, -0.25) is 25.4 Å². The summed E-state index contributed by atoms with van der Waals surface area (Å²) in [5.41, 5.74) is 13.1. The number of piperidine rings is 1. The highest BCUT2D eigenvalue weighted by Crippen LogP contribution is 2.19. The third kappa shape index (κ3) is 7.60. The van der Waals surface area contributed by atoms with Gasteiger partial charge in [0.15, 0.2) is 0 Å². The second kappa shape index (κ2) is 14.1. The normalized spacial score (nSPS) is 13.6. The van der Waals surface area contributed by atoms with Crippen LogP contribution in [0.1, 0.15) is 50.6 Å². The number of pyridine rings is 1. The minimum atomic E-state index is -0.175. The van der Waals surface area contributed by atoms with Crippen molar-refractivity contribution >= 4 is 53.5 Å². The summed E-state index contributed by atoms with van der Waals surface area (Å²) in [7, 11) is 1.99. The molecule has 0 radical (unpaired) electrons. The number of amidine groups is 1. The van der Waals surface area contributed by atoms with Crippen LogP contribution in [0.2, 0.25) is 0 Å². The number of fused-ring (bicyclic) bond motifs is 1. The van der Waals surface area contributed by atoms with E-state index in [2.05, 4.69) is 20.3 Å². The van der Waals surface area contributed by atoms with Crippen molar-refractivity contribution in [1.82, 2.24) is 30.3 Å². The SMILES string of the molecule is Cl.Cl.Cn1c(CCc2ccc(C(=N)N)cc2)nc2cc(C(=O)NN3CCC(NC(=O)c4ccccn4)CC3)ccc21. The van der Waals surface area contributed by atoms with Gasteiger partial charge in [0, 0.05) is 49.9 Å². The average molecular weight is 598 g/mol. The summed E-state index contributed by atoms with van der Waals surface area (Å²) in [6.45, 7) is 1.28. The number of nitrogen functional groups attached to an aromatic ring is 1. The molecular formula is C29H34Cl2N8O2. The predicted molar refractivity (Wildman–Crippen MR) is 164 cm³/mol. The number of carbonyl (C=O) groups excluding carboxylic acids is 2. The summed E-state index contributed by atoms with van der Waals surface area (Å²) in [6, 6.07) is 18.6. The third-order valence-electron chi connectivity index (χ3n) is 7.13. The van der Waals surface area contributed by atoms with E-state index in [9.17, 15) is 9.59 Å². The Labute approximate surface area is 251 Å². The number of imidazole rings is 1. The van der Waals surface area contributed by atoms with Crippen molar-refractivity contribution < 1.29 is 9.59 Å². The number of nitrogens with two attached hydrogens (primary N) is 1. The Morgan fingerprint density at radius 3 is 2.34 bits per heavy atom. The van der Waals surface area contributed by atoms with Crippen molar-refractivity contribution in [3.63, 3.8) is 0 Å². The number of aromatic nitrogens is 3. The summed E-state index contributed by atoms with van der Waals surface area (Å²) in [5.74, 6) is 0.650. The number of rotatable bonds is 8. The Morgan fingerprint density at radius 2 is 1.68 bits per heavy atom. The number of amides is 2. The molecule has 12 heteroatoms. The minimum Gasteiger partial charge on any atom is -0.384 e. The maximum Gasteiger partial charge on any atom is 0.270 e. The first-order valence-electron chi connectivity index (χ1n) is 13.0. The molecule has 1 aliphatic rings. The molecule has 0 atom stereocenters.